The number of aryl methyl sites for hydroxylation is 2. The van der Waals surface area contributed by atoms with Crippen LogP contribution in [0.25, 0.3) is 10.9 Å². The minimum Gasteiger partial charge on any atom is -0.388 e. The molecule has 3 heterocycles. The number of piperidine rings is 1. The number of anilines is 1. The van der Waals surface area contributed by atoms with Crippen LogP contribution in [-0.2, 0) is 4.79 Å². The van der Waals surface area contributed by atoms with Gasteiger partial charge in [-0.25, -0.2) is 4.31 Å². The van der Waals surface area contributed by atoms with Gasteiger partial charge in [-0.15, -0.1) is 0 Å². The van der Waals surface area contributed by atoms with Gasteiger partial charge in [0.05, 0.1) is 6.04 Å². The molecule has 2 unspecified atom stereocenters. The minimum atomic E-state index is -0.109. The number of carbonyl (C=O) groups is 1. The Hall–Kier alpha value is -2.28. The molecule has 188 valence electrons. The van der Waals surface area contributed by atoms with E-state index in [2.05, 4.69) is 75.9 Å². The normalized spacial score (nSPS) is 19.3. The predicted molar refractivity (Wildman–Crippen MR) is 150 cm³/mol. The first-order valence-corrected chi connectivity index (χ1v) is 13.8. The number of aromatic nitrogens is 1. The van der Waals surface area contributed by atoms with Gasteiger partial charge in [0.25, 0.3) is 0 Å². The first-order chi connectivity index (χ1) is 17.0. The van der Waals surface area contributed by atoms with Gasteiger partial charge in [-0.3, -0.25) is 0 Å². The average Bonchev–Trinajstić information content (AvgIpc) is 3.54. The number of hydrogen-bond acceptors (Lipinski definition) is 5. The van der Waals surface area contributed by atoms with Crippen LogP contribution in [0.3, 0.4) is 0 Å². The topological polar surface area (TPSA) is 49.3 Å². The summed E-state index contributed by atoms with van der Waals surface area (Å²) in [6.07, 6.45) is 8.32. The highest BCUT2D eigenvalue weighted by Crippen LogP contribution is 2.32. The van der Waals surface area contributed by atoms with Gasteiger partial charge in [0.15, 0.2) is 0 Å². The molecule has 2 N–H and O–H groups in total. The molecule has 0 spiro atoms. The summed E-state index contributed by atoms with van der Waals surface area (Å²) >= 11 is 1.87. The third-order valence-electron chi connectivity index (χ3n) is 7.25. The van der Waals surface area contributed by atoms with Crippen LogP contribution in [0.2, 0.25) is 0 Å². The molecular formula is C29H40N4OS. The molecule has 5 nitrogen and oxygen atoms in total. The lowest BCUT2D eigenvalue weighted by Crippen LogP contribution is -2.22. The maximum Gasteiger partial charge on any atom is 0.142 e. The number of aldehydes is 1. The molecule has 2 atom stereocenters. The number of hydrogen-bond donors (Lipinski definition) is 2. The molecule has 2 aliphatic rings. The molecule has 3 aromatic rings. The van der Waals surface area contributed by atoms with Gasteiger partial charge < -0.3 is 20.0 Å². The summed E-state index contributed by atoms with van der Waals surface area (Å²) < 4.78 is 4.53. The van der Waals surface area contributed by atoms with Crippen molar-refractivity contribution in [2.45, 2.75) is 63.3 Å². The lowest BCUT2D eigenvalue weighted by atomic mass is 9.96. The van der Waals surface area contributed by atoms with Crippen molar-refractivity contribution in [1.29, 1.82) is 0 Å². The van der Waals surface area contributed by atoms with Gasteiger partial charge in [0.2, 0.25) is 0 Å². The van der Waals surface area contributed by atoms with Crippen molar-refractivity contribution in [3.8, 4) is 0 Å². The van der Waals surface area contributed by atoms with Crippen LogP contribution in [0.15, 0.2) is 47.5 Å². The SMILES string of the molecule is CNc1cc(C2CCNC2)ccc1C.Cc1cn(C(C)C=O)c2ccc(SN3CCCCC3)cc12. The molecule has 2 saturated heterocycles. The lowest BCUT2D eigenvalue weighted by molar-refractivity contribution is -0.110. The molecule has 0 bridgehead atoms. The van der Waals surface area contributed by atoms with E-state index in [-0.39, 0.29) is 6.04 Å². The van der Waals surface area contributed by atoms with Gasteiger partial charge in [0.1, 0.15) is 6.29 Å². The van der Waals surface area contributed by atoms with E-state index in [1.54, 1.807) is 0 Å². The van der Waals surface area contributed by atoms with Crippen LogP contribution < -0.4 is 10.6 Å². The second kappa shape index (κ2) is 12.1. The van der Waals surface area contributed by atoms with E-state index in [0.29, 0.717) is 5.92 Å². The van der Waals surface area contributed by atoms with E-state index in [1.165, 1.54) is 71.4 Å². The molecule has 2 aliphatic heterocycles. The van der Waals surface area contributed by atoms with Crippen LogP contribution >= 0.6 is 11.9 Å². The molecule has 35 heavy (non-hydrogen) atoms. The quantitative estimate of drug-likeness (QED) is 0.312. The Bertz CT molecular complexity index is 1130. The number of nitrogens with zero attached hydrogens (tertiary/aromatic N) is 2. The summed E-state index contributed by atoms with van der Waals surface area (Å²) in [5.74, 6) is 0.711. The van der Waals surface area contributed by atoms with Crippen molar-refractivity contribution >= 4 is 34.8 Å². The number of benzene rings is 2. The first-order valence-electron chi connectivity index (χ1n) is 13.0. The standard InChI is InChI=1S/C17H22N2OS.C12H18N2/c1-13-11-19(14(2)12-20)17-7-6-15(10-16(13)17)21-18-8-4-3-5-9-18;1-9-3-4-10(7-12(9)13-2)11-5-6-14-8-11/h6-7,10-12,14H,3-5,8-9H2,1-2H3;3-4,7,11,13-14H,5-6,8H2,1-2H3. The summed E-state index contributed by atoms with van der Waals surface area (Å²) in [6.45, 7) is 10.9. The van der Waals surface area contributed by atoms with Crippen LogP contribution in [0.5, 0.6) is 0 Å². The highest BCUT2D eigenvalue weighted by atomic mass is 32.2. The zero-order valence-electron chi connectivity index (χ0n) is 21.6. The monoisotopic (exact) mass is 492 g/mol. The molecule has 2 fully saturated rings. The number of fused-ring (bicyclic) bond motifs is 1. The van der Waals surface area contributed by atoms with Crippen LogP contribution in [0, 0.1) is 13.8 Å². The Kier molecular flexibility index (Phi) is 8.93. The van der Waals surface area contributed by atoms with Gasteiger partial charge in [-0.1, -0.05) is 18.6 Å². The largest absolute Gasteiger partial charge is 0.388 e. The predicted octanol–water partition coefficient (Wildman–Crippen LogP) is 6.32. The Morgan fingerprint density at radius 1 is 1.09 bits per heavy atom. The van der Waals surface area contributed by atoms with Crippen molar-refractivity contribution < 1.29 is 4.79 Å². The summed E-state index contributed by atoms with van der Waals surface area (Å²) in [4.78, 5) is 12.4. The zero-order valence-corrected chi connectivity index (χ0v) is 22.5. The smallest absolute Gasteiger partial charge is 0.142 e. The van der Waals surface area contributed by atoms with Crippen LogP contribution in [0.1, 0.15) is 61.3 Å². The van der Waals surface area contributed by atoms with Gasteiger partial charge in [-0.05, 0) is 105 Å². The summed E-state index contributed by atoms with van der Waals surface area (Å²) in [7, 11) is 1.99. The molecule has 1 aromatic heterocycles. The maximum atomic E-state index is 11.1. The lowest BCUT2D eigenvalue weighted by Gasteiger charge is -2.25. The summed E-state index contributed by atoms with van der Waals surface area (Å²) in [6, 6.07) is 13.2. The number of carbonyl (C=O) groups excluding carboxylic acids is 1. The fraction of sp³-hybridized carbons (Fsp3) is 0.483. The van der Waals surface area contributed by atoms with E-state index in [1.807, 2.05) is 25.9 Å². The fourth-order valence-corrected chi connectivity index (χ4v) is 6.11. The minimum absolute atomic E-state index is 0.109. The number of rotatable bonds is 6. The maximum absolute atomic E-state index is 11.1. The molecule has 0 amide bonds. The van der Waals surface area contributed by atoms with Crippen LogP contribution in [0.4, 0.5) is 5.69 Å². The van der Waals surface area contributed by atoms with Crippen molar-refractivity contribution in [3.63, 3.8) is 0 Å². The Labute approximate surface area is 214 Å². The molecule has 2 aromatic carbocycles. The van der Waals surface area contributed by atoms with Crippen molar-refractivity contribution in [2.75, 3.05) is 38.5 Å². The van der Waals surface area contributed by atoms with Crippen LogP contribution in [-0.4, -0.2) is 48.4 Å². The van der Waals surface area contributed by atoms with E-state index in [0.717, 1.165) is 24.9 Å². The molecule has 5 rings (SSSR count). The van der Waals surface area contributed by atoms with Gasteiger partial charge >= 0.3 is 0 Å². The average molecular weight is 493 g/mol. The van der Waals surface area contributed by atoms with Crippen molar-refractivity contribution in [1.82, 2.24) is 14.2 Å². The third kappa shape index (κ3) is 6.29. The van der Waals surface area contributed by atoms with Crippen molar-refractivity contribution in [3.05, 3.63) is 59.3 Å². The number of nitrogens with one attached hydrogen (secondary N) is 2. The Morgan fingerprint density at radius 3 is 2.57 bits per heavy atom. The Balaban J connectivity index is 0.000000179. The highest BCUT2D eigenvalue weighted by Gasteiger charge is 2.17. The van der Waals surface area contributed by atoms with E-state index < -0.39 is 0 Å². The van der Waals surface area contributed by atoms with E-state index in [9.17, 15) is 4.79 Å². The summed E-state index contributed by atoms with van der Waals surface area (Å²) in [5.41, 5.74) is 6.43. The highest BCUT2D eigenvalue weighted by molar-refractivity contribution is 7.97. The first kappa shape index (κ1) is 25.8. The van der Waals surface area contributed by atoms with Crippen molar-refractivity contribution in [2.24, 2.45) is 0 Å². The van der Waals surface area contributed by atoms with Gasteiger partial charge in [0, 0.05) is 54.4 Å². The second-order valence-corrected chi connectivity index (χ2v) is 11.0. The van der Waals surface area contributed by atoms with Gasteiger partial charge in [-0.2, -0.15) is 0 Å². The molecule has 0 aliphatic carbocycles. The molecule has 0 saturated carbocycles. The third-order valence-corrected chi connectivity index (χ3v) is 8.34. The second-order valence-electron chi connectivity index (χ2n) is 9.87. The fourth-order valence-electron chi connectivity index (χ4n) is 5.07. The molecule has 6 heteroatoms. The molecule has 0 radical (unpaired) electrons. The summed E-state index contributed by atoms with van der Waals surface area (Å²) in [5, 5.41) is 7.90. The van der Waals surface area contributed by atoms with E-state index in [4.69, 9.17) is 0 Å². The Morgan fingerprint density at radius 2 is 1.89 bits per heavy atom. The van der Waals surface area contributed by atoms with E-state index >= 15 is 0 Å². The molecular weight excluding hydrogens is 452 g/mol. The zero-order chi connectivity index (χ0) is 24.8.